The van der Waals surface area contributed by atoms with Crippen LogP contribution >= 0.6 is 0 Å². The van der Waals surface area contributed by atoms with Gasteiger partial charge in [0.2, 0.25) is 10.0 Å². The Hall–Kier alpha value is -0.130. The molecule has 2 N–H and O–H groups in total. The van der Waals surface area contributed by atoms with Crippen LogP contribution in [0.25, 0.3) is 0 Å². The van der Waals surface area contributed by atoms with Gasteiger partial charge in [-0.25, -0.2) is 13.6 Å². The molecule has 0 aliphatic heterocycles. The maximum atomic E-state index is 10.5. The van der Waals surface area contributed by atoms with Crippen LogP contribution in [0.15, 0.2) is 0 Å². The Morgan fingerprint density at radius 1 is 1.33 bits per heavy atom. The van der Waals surface area contributed by atoms with Crippen molar-refractivity contribution < 1.29 is 13.2 Å². The Balaban J connectivity index is 3.48. The molecule has 0 aromatic heterocycles. The van der Waals surface area contributed by atoms with Gasteiger partial charge in [0.1, 0.15) is 0 Å². The fourth-order valence-corrected chi connectivity index (χ4v) is 0.904. The van der Waals surface area contributed by atoms with E-state index in [1.807, 2.05) is 20.8 Å². The van der Waals surface area contributed by atoms with Gasteiger partial charge in [-0.1, -0.05) is 20.8 Å². The second-order valence-electron chi connectivity index (χ2n) is 3.98. The van der Waals surface area contributed by atoms with Crippen LogP contribution in [0.4, 0.5) is 0 Å². The summed E-state index contributed by atoms with van der Waals surface area (Å²) < 4.78 is 26.0. The van der Waals surface area contributed by atoms with Gasteiger partial charge in [-0.15, -0.1) is 0 Å². The van der Waals surface area contributed by atoms with E-state index in [0.717, 1.165) is 0 Å². The summed E-state index contributed by atoms with van der Waals surface area (Å²) in [5, 5.41) is 4.78. The van der Waals surface area contributed by atoms with E-state index in [2.05, 4.69) is 0 Å². The lowest BCUT2D eigenvalue weighted by atomic mass is 9.99. The van der Waals surface area contributed by atoms with Gasteiger partial charge in [0.25, 0.3) is 0 Å². The minimum atomic E-state index is -3.37. The first kappa shape index (κ1) is 11.9. The first-order valence-corrected chi connectivity index (χ1v) is 5.50. The maximum absolute atomic E-state index is 10.5. The van der Waals surface area contributed by atoms with Gasteiger partial charge in [-0.2, -0.15) is 0 Å². The quantitative estimate of drug-likeness (QED) is 0.657. The van der Waals surface area contributed by atoms with Gasteiger partial charge >= 0.3 is 0 Å². The minimum Gasteiger partial charge on any atom is -0.380 e. The normalized spacial score (nSPS) is 13.3. The molecular formula is C7H17NO3S. The Morgan fingerprint density at radius 3 is 2.17 bits per heavy atom. The summed E-state index contributed by atoms with van der Waals surface area (Å²) in [5.74, 6) is -0.108. The number of rotatable bonds is 4. The van der Waals surface area contributed by atoms with E-state index >= 15 is 0 Å². The molecule has 0 aliphatic carbocycles. The van der Waals surface area contributed by atoms with Gasteiger partial charge in [0.05, 0.1) is 19.0 Å². The van der Waals surface area contributed by atoms with Gasteiger partial charge < -0.3 is 4.74 Å². The minimum absolute atomic E-state index is 0.0678. The van der Waals surface area contributed by atoms with Gasteiger partial charge in [0.15, 0.2) is 0 Å². The van der Waals surface area contributed by atoms with E-state index < -0.39 is 10.0 Å². The van der Waals surface area contributed by atoms with E-state index in [-0.39, 0.29) is 17.8 Å². The van der Waals surface area contributed by atoms with Gasteiger partial charge in [-0.3, -0.25) is 0 Å². The van der Waals surface area contributed by atoms with E-state index in [0.29, 0.717) is 6.61 Å². The second-order valence-corrected chi connectivity index (χ2v) is 5.71. The molecule has 12 heavy (non-hydrogen) atoms. The Kier molecular flexibility index (Phi) is 4.16. The molecule has 0 rings (SSSR count). The summed E-state index contributed by atoms with van der Waals surface area (Å²) in [6, 6.07) is 0. The van der Waals surface area contributed by atoms with E-state index in [1.54, 1.807) is 0 Å². The van der Waals surface area contributed by atoms with E-state index in [4.69, 9.17) is 9.88 Å². The maximum Gasteiger partial charge on any atom is 0.211 e. The summed E-state index contributed by atoms with van der Waals surface area (Å²) in [5.41, 5.74) is 0.0678. The highest BCUT2D eigenvalue weighted by molar-refractivity contribution is 7.89. The number of sulfonamides is 1. The molecule has 0 saturated carbocycles. The highest BCUT2D eigenvalue weighted by atomic mass is 32.2. The van der Waals surface area contributed by atoms with Crippen molar-refractivity contribution in [3.05, 3.63) is 0 Å². The zero-order valence-electron chi connectivity index (χ0n) is 7.83. The molecule has 0 aromatic carbocycles. The third kappa shape index (κ3) is 9.87. The Bertz CT molecular complexity index is 215. The average Bonchev–Trinajstić information content (AvgIpc) is 1.76. The second kappa shape index (κ2) is 4.20. The summed E-state index contributed by atoms with van der Waals surface area (Å²) in [6.45, 7) is 6.77. The summed E-state index contributed by atoms with van der Waals surface area (Å²) >= 11 is 0. The molecule has 0 radical (unpaired) electrons. The topological polar surface area (TPSA) is 69.4 Å². The first-order valence-electron chi connectivity index (χ1n) is 3.79. The number of ether oxygens (including phenoxy) is 1. The van der Waals surface area contributed by atoms with Crippen LogP contribution in [0, 0.1) is 5.41 Å². The molecule has 74 valence electrons. The molecule has 0 fully saturated rings. The molecule has 5 heteroatoms. The van der Waals surface area contributed by atoms with Crippen molar-refractivity contribution >= 4 is 10.0 Å². The van der Waals surface area contributed by atoms with Crippen molar-refractivity contribution in [1.29, 1.82) is 0 Å². The van der Waals surface area contributed by atoms with Crippen molar-refractivity contribution in [3.63, 3.8) is 0 Å². The smallest absolute Gasteiger partial charge is 0.211 e. The van der Waals surface area contributed by atoms with Crippen molar-refractivity contribution in [2.24, 2.45) is 10.6 Å². The SMILES string of the molecule is CC(C)(C)COCCS(N)(=O)=O. The van der Waals surface area contributed by atoms with Crippen molar-refractivity contribution in [2.75, 3.05) is 19.0 Å². The predicted molar refractivity (Wildman–Crippen MR) is 48.2 cm³/mol. The van der Waals surface area contributed by atoms with Crippen LogP contribution in [0.2, 0.25) is 0 Å². The highest BCUT2D eigenvalue weighted by Crippen LogP contribution is 2.12. The largest absolute Gasteiger partial charge is 0.380 e. The van der Waals surface area contributed by atoms with Crippen LogP contribution in [0.1, 0.15) is 20.8 Å². The van der Waals surface area contributed by atoms with Crippen molar-refractivity contribution in [3.8, 4) is 0 Å². The molecule has 0 heterocycles. The Labute approximate surface area is 74.1 Å². The predicted octanol–water partition coefficient (Wildman–Crippen LogP) is 0.338. The zero-order chi connectivity index (χ0) is 9.83. The summed E-state index contributed by atoms with van der Waals surface area (Å²) in [4.78, 5) is 0. The van der Waals surface area contributed by atoms with Crippen LogP contribution < -0.4 is 5.14 Å². The lowest BCUT2D eigenvalue weighted by Gasteiger charge is -2.17. The van der Waals surface area contributed by atoms with Gasteiger partial charge in [-0.05, 0) is 5.41 Å². The first-order chi connectivity index (χ1) is 5.21. The average molecular weight is 195 g/mol. The third-order valence-corrected chi connectivity index (χ3v) is 1.78. The summed E-state index contributed by atoms with van der Waals surface area (Å²) in [7, 11) is -3.37. The fraction of sp³-hybridized carbons (Fsp3) is 1.00. The van der Waals surface area contributed by atoms with Crippen molar-refractivity contribution in [2.45, 2.75) is 20.8 Å². The summed E-state index contributed by atoms with van der Waals surface area (Å²) in [6.07, 6.45) is 0. The molecule has 0 saturated heterocycles. The lowest BCUT2D eigenvalue weighted by Crippen LogP contribution is -2.23. The number of hydrogen-bond acceptors (Lipinski definition) is 3. The van der Waals surface area contributed by atoms with E-state index in [9.17, 15) is 8.42 Å². The molecule has 0 amide bonds. The molecule has 0 aromatic rings. The van der Waals surface area contributed by atoms with Crippen LogP contribution in [0.5, 0.6) is 0 Å². The van der Waals surface area contributed by atoms with E-state index in [1.165, 1.54) is 0 Å². The Morgan fingerprint density at radius 2 is 1.83 bits per heavy atom. The molecule has 0 atom stereocenters. The van der Waals surface area contributed by atoms with Crippen molar-refractivity contribution in [1.82, 2.24) is 0 Å². The van der Waals surface area contributed by atoms with Gasteiger partial charge in [0, 0.05) is 0 Å². The molecular weight excluding hydrogens is 178 g/mol. The fourth-order valence-electron chi connectivity index (χ4n) is 0.553. The molecule has 0 aliphatic rings. The number of nitrogens with two attached hydrogens (primary N) is 1. The molecule has 0 unspecified atom stereocenters. The number of primary sulfonamides is 1. The molecule has 0 bridgehead atoms. The van der Waals surface area contributed by atoms with Crippen LogP contribution in [-0.2, 0) is 14.8 Å². The standard InChI is InChI=1S/C7H17NO3S/c1-7(2,3)6-11-4-5-12(8,9)10/h4-6H2,1-3H3,(H2,8,9,10). The highest BCUT2D eigenvalue weighted by Gasteiger charge is 2.10. The zero-order valence-corrected chi connectivity index (χ0v) is 8.65. The van der Waals surface area contributed by atoms with Crippen LogP contribution in [-0.4, -0.2) is 27.4 Å². The lowest BCUT2D eigenvalue weighted by molar-refractivity contribution is 0.0816. The third-order valence-electron chi connectivity index (χ3n) is 1.05. The monoisotopic (exact) mass is 195 g/mol. The number of hydrogen-bond donors (Lipinski definition) is 1. The molecule has 4 nitrogen and oxygen atoms in total. The molecule has 0 spiro atoms. The van der Waals surface area contributed by atoms with Crippen LogP contribution in [0.3, 0.4) is 0 Å².